The van der Waals surface area contributed by atoms with E-state index in [0.29, 0.717) is 40.8 Å². The zero-order valence-electron chi connectivity index (χ0n) is 14.8. The minimum Gasteiger partial charge on any atom is -0.462 e. The third-order valence-corrected chi connectivity index (χ3v) is 8.43. The van der Waals surface area contributed by atoms with Gasteiger partial charge in [0.15, 0.2) is 0 Å². The number of esters is 1. The highest BCUT2D eigenvalue weighted by Gasteiger charge is 2.62. The van der Waals surface area contributed by atoms with Gasteiger partial charge in [-0.2, -0.15) is 0 Å². The summed E-state index contributed by atoms with van der Waals surface area (Å²) in [6.07, 6.45) is 8.34. The van der Waals surface area contributed by atoms with Crippen LogP contribution in [-0.2, 0) is 14.3 Å². The Morgan fingerprint density at radius 3 is 2.35 bits per heavy atom. The minimum absolute atomic E-state index is 0.00108. The summed E-state index contributed by atoms with van der Waals surface area (Å²) in [5.41, 5.74) is 0.596. The van der Waals surface area contributed by atoms with Crippen LogP contribution in [0.4, 0.5) is 0 Å². The van der Waals surface area contributed by atoms with Crippen molar-refractivity contribution >= 4 is 11.8 Å². The van der Waals surface area contributed by atoms with Crippen LogP contribution in [0.2, 0.25) is 0 Å². The van der Waals surface area contributed by atoms with Gasteiger partial charge in [0.25, 0.3) is 0 Å². The number of Topliss-reactive ketones (excluding diaryl/α,β-unsaturated/α-hetero) is 1. The van der Waals surface area contributed by atoms with E-state index in [1.165, 1.54) is 25.7 Å². The monoisotopic (exact) mass is 318 g/mol. The van der Waals surface area contributed by atoms with Crippen LogP contribution in [0.25, 0.3) is 0 Å². The molecule has 0 bridgehead atoms. The summed E-state index contributed by atoms with van der Waals surface area (Å²) in [6, 6.07) is 0. The second kappa shape index (κ2) is 5.07. The summed E-state index contributed by atoms with van der Waals surface area (Å²) < 4.78 is 5.67. The molecule has 0 aromatic heterocycles. The lowest BCUT2D eigenvalue weighted by molar-refractivity contribution is -0.153. The molecule has 4 rings (SSSR count). The van der Waals surface area contributed by atoms with Crippen molar-refractivity contribution in [1.29, 1.82) is 0 Å². The van der Waals surface area contributed by atoms with E-state index in [0.717, 1.165) is 19.3 Å². The Morgan fingerprint density at radius 1 is 0.913 bits per heavy atom. The fourth-order valence-corrected chi connectivity index (χ4v) is 7.23. The molecule has 23 heavy (non-hydrogen) atoms. The maximum absolute atomic E-state index is 12.2. The van der Waals surface area contributed by atoms with E-state index in [9.17, 15) is 9.59 Å². The Labute approximate surface area is 139 Å². The highest BCUT2D eigenvalue weighted by Crippen LogP contribution is 2.68. The minimum atomic E-state index is -0.00108. The lowest BCUT2D eigenvalue weighted by Crippen LogP contribution is -2.54. The molecule has 0 aromatic rings. The molecule has 3 nitrogen and oxygen atoms in total. The van der Waals surface area contributed by atoms with E-state index in [4.69, 9.17) is 4.74 Å². The number of rotatable bonds is 1. The average molecular weight is 318 g/mol. The molecule has 1 saturated heterocycles. The molecule has 1 heterocycles. The number of carbonyl (C=O) groups is 2. The average Bonchev–Trinajstić information content (AvgIpc) is 3.07. The van der Waals surface area contributed by atoms with E-state index in [1.54, 1.807) is 0 Å². The molecule has 4 fully saturated rings. The van der Waals surface area contributed by atoms with Gasteiger partial charge in [-0.15, -0.1) is 0 Å². The maximum Gasteiger partial charge on any atom is 0.306 e. The molecule has 0 N–H and O–H groups in total. The molecular weight excluding hydrogens is 288 g/mol. The van der Waals surface area contributed by atoms with E-state index in [2.05, 4.69) is 20.8 Å². The van der Waals surface area contributed by atoms with Crippen LogP contribution in [0.5, 0.6) is 0 Å². The number of cyclic esters (lactones) is 1. The van der Waals surface area contributed by atoms with Crippen LogP contribution in [-0.4, -0.2) is 17.9 Å². The largest absolute Gasteiger partial charge is 0.462 e. The summed E-state index contributed by atoms with van der Waals surface area (Å²) in [5.74, 6) is 2.50. The summed E-state index contributed by atoms with van der Waals surface area (Å²) in [4.78, 5) is 23.8. The molecular formula is C20H30O3. The predicted molar refractivity (Wildman–Crippen MR) is 87.7 cm³/mol. The van der Waals surface area contributed by atoms with Crippen LogP contribution >= 0.6 is 0 Å². The Morgan fingerprint density at radius 2 is 1.65 bits per heavy atom. The molecule has 1 aliphatic heterocycles. The fraction of sp³-hybridized carbons (Fsp3) is 0.900. The Hall–Kier alpha value is -0.860. The standard InChI is InChI=1S/C20H30O3/c1-12-13-8-10-20(3)14(16-5-7-18(22)23-16)4-6-17(20)19(13,2)11-9-15(12)21/h12-14,16-17H,4-11H2,1-3H3. The van der Waals surface area contributed by atoms with Gasteiger partial charge in [-0.3, -0.25) is 9.59 Å². The van der Waals surface area contributed by atoms with Crippen molar-refractivity contribution in [3.63, 3.8) is 0 Å². The van der Waals surface area contributed by atoms with Gasteiger partial charge in [0, 0.05) is 24.7 Å². The Kier molecular flexibility index (Phi) is 3.45. The number of ether oxygens (including phenoxy) is 1. The van der Waals surface area contributed by atoms with E-state index >= 15 is 0 Å². The topological polar surface area (TPSA) is 43.4 Å². The van der Waals surface area contributed by atoms with Gasteiger partial charge in [0.1, 0.15) is 11.9 Å². The first-order valence-electron chi connectivity index (χ1n) is 9.58. The molecule has 7 unspecified atom stereocenters. The highest BCUT2D eigenvalue weighted by molar-refractivity contribution is 5.82. The number of hydrogen-bond acceptors (Lipinski definition) is 3. The smallest absolute Gasteiger partial charge is 0.306 e. The van der Waals surface area contributed by atoms with Crippen molar-refractivity contribution < 1.29 is 14.3 Å². The molecule has 0 aromatic carbocycles. The first-order valence-corrected chi connectivity index (χ1v) is 9.58. The van der Waals surface area contributed by atoms with Crippen molar-refractivity contribution in [2.45, 2.75) is 78.2 Å². The van der Waals surface area contributed by atoms with E-state index in [-0.39, 0.29) is 18.0 Å². The highest BCUT2D eigenvalue weighted by atomic mass is 16.5. The molecule has 0 radical (unpaired) electrons. The lowest BCUT2D eigenvalue weighted by atomic mass is 9.46. The molecule has 3 aliphatic carbocycles. The van der Waals surface area contributed by atoms with Crippen molar-refractivity contribution in [3.05, 3.63) is 0 Å². The first kappa shape index (κ1) is 15.7. The Bertz CT molecular complexity index is 541. The third kappa shape index (κ3) is 2.07. The molecule has 0 amide bonds. The molecule has 3 saturated carbocycles. The van der Waals surface area contributed by atoms with Gasteiger partial charge in [-0.25, -0.2) is 0 Å². The normalized spacial score (nSPS) is 52.9. The Balaban J connectivity index is 1.63. The van der Waals surface area contributed by atoms with E-state index < -0.39 is 0 Å². The van der Waals surface area contributed by atoms with E-state index in [1.807, 2.05) is 0 Å². The van der Waals surface area contributed by atoms with Gasteiger partial charge in [-0.1, -0.05) is 20.8 Å². The molecule has 3 heteroatoms. The quantitative estimate of drug-likeness (QED) is 0.682. The van der Waals surface area contributed by atoms with Crippen molar-refractivity contribution in [1.82, 2.24) is 0 Å². The second-order valence-electron chi connectivity index (χ2n) is 9.22. The maximum atomic E-state index is 12.2. The lowest BCUT2D eigenvalue weighted by Gasteiger charge is -2.58. The van der Waals surface area contributed by atoms with Gasteiger partial charge in [0.2, 0.25) is 0 Å². The first-order chi connectivity index (χ1) is 10.9. The van der Waals surface area contributed by atoms with Gasteiger partial charge < -0.3 is 4.74 Å². The number of fused-ring (bicyclic) bond motifs is 3. The second-order valence-corrected chi connectivity index (χ2v) is 9.22. The van der Waals surface area contributed by atoms with Gasteiger partial charge in [0.05, 0.1) is 0 Å². The molecule has 4 aliphatic rings. The number of carbonyl (C=O) groups excluding carboxylic acids is 2. The third-order valence-electron chi connectivity index (χ3n) is 8.43. The predicted octanol–water partition coefficient (Wildman–Crippen LogP) is 4.14. The van der Waals surface area contributed by atoms with Gasteiger partial charge >= 0.3 is 5.97 Å². The number of ketones is 1. The SMILES string of the molecule is CC1C(=O)CCC2(C)C1CCC1(C)C(C3CCC(=O)O3)CCC12. The number of hydrogen-bond donors (Lipinski definition) is 0. The molecule has 0 spiro atoms. The van der Waals surface area contributed by atoms with Crippen molar-refractivity contribution in [2.75, 3.05) is 0 Å². The fourth-order valence-electron chi connectivity index (χ4n) is 7.23. The van der Waals surface area contributed by atoms with Crippen LogP contribution < -0.4 is 0 Å². The zero-order chi connectivity index (χ0) is 16.4. The van der Waals surface area contributed by atoms with Crippen molar-refractivity contribution in [2.24, 2.45) is 34.5 Å². The summed E-state index contributed by atoms with van der Waals surface area (Å²) in [7, 11) is 0. The molecule has 128 valence electrons. The summed E-state index contributed by atoms with van der Waals surface area (Å²) in [6.45, 7) is 7.09. The van der Waals surface area contributed by atoms with Crippen LogP contribution in [0.15, 0.2) is 0 Å². The van der Waals surface area contributed by atoms with Crippen molar-refractivity contribution in [3.8, 4) is 0 Å². The molecule has 7 atom stereocenters. The van der Waals surface area contributed by atoms with Crippen LogP contribution in [0, 0.1) is 34.5 Å². The van der Waals surface area contributed by atoms with Gasteiger partial charge in [-0.05, 0) is 61.2 Å². The summed E-state index contributed by atoms with van der Waals surface area (Å²) >= 11 is 0. The summed E-state index contributed by atoms with van der Waals surface area (Å²) in [5, 5.41) is 0. The van der Waals surface area contributed by atoms with Crippen LogP contribution in [0.3, 0.4) is 0 Å². The van der Waals surface area contributed by atoms with Crippen LogP contribution in [0.1, 0.15) is 72.1 Å². The zero-order valence-corrected chi connectivity index (χ0v) is 14.8.